The first-order chi connectivity index (χ1) is 15.2. The van der Waals surface area contributed by atoms with Crippen LogP contribution in [0.15, 0.2) is 47.4 Å². The van der Waals surface area contributed by atoms with Gasteiger partial charge in [0.25, 0.3) is 5.91 Å². The van der Waals surface area contributed by atoms with Crippen LogP contribution < -0.4 is 4.90 Å². The Hall–Kier alpha value is -1.64. The maximum atomic E-state index is 13.7. The van der Waals surface area contributed by atoms with Crippen LogP contribution in [-0.4, -0.2) is 60.9 Å². The number of thioether (sulfide) groups is 1. The van der Waals surface area contributed by atoms with Crippen LogP contribution in [0.1, 0.15) is 23.7 Å². The molecule has 1 aliphatic rings. The third-order valence-corrected chi connectivity index (χ3v) is 7.52. The average Bonchev–Trinajstić information content (AvgIpc) is 3.23. The lowest BCUT2D eigenvalue weighted by atomic mass is 10.2. The van der Waals surface area contributed by atoms with E-state index in [9.17, 15) is 4.79 Å². The van der Waals surface area contributed by atoms with Crippen LogP contribution in [0, 0.1) is 0 Å². The number of aromatic nitrogens is 1. The van der Waals surface area contributed by atoms with Gasteiger partial charge in [-0.25, -0.2) is 4.98 Å². The van der Waals surface area contributed by atoms with E-state index in [1.54, 1.807) is 11.8 Å². The van der Waals surface area contributed by atoms with Crippen LogP contribution in [0.5, 0.6) is 0 Å². The van der Waals surface area contributed by atoms with E-state index in [0.717, 1.165) is 65.7 Å². The van der Waals surface area contributed by atoms with Gasteiger partial charge >= 0.3 is 0 Å². The number of carbonyl (C=O) groups is 1. The number of halogens is 1. The van der Waals surface area contributed by atoms with Crippen molar-refractivity contribution in [2.45, 2.75) is 18.2 Å². The van der Waals surface area contributed by atoms with Gasteiger partial charge in [-0.05, 0) is 36.4 Å². The zero-order chi connectivity index (χ0) is 21.6. The number of benzene rings is 2. The average molecular weight is 476 g/mol. The number of thiazole rings is 1. The molecular weight excluding hydrogens is 450 g/mol. The fraction of sp³-hybridized carbons (Fsp3) is 0.391. The zero-order valence-corrected chi connectivity index (χ0v) is 19.9. The van der Waals surface area contributed by atoms with Crippen molar-refractivity contribution in [1.82, 2.24) is 9.88 Å². The molecule has 0 unspecified atom stereocenters. The number of para-hydroxylation sites is 1. The van der Waals surface area contributed by atoms with Gasteiger partial charge in [0, 0.05) is 31.1 Å². The summed E-state index contributed by atoms with van der Waals surface area (Å²) in [5.74, 6) is 0.909. The third-order valence-electron chi connectivity index (χ3n) is 5.21. The Balaban J connectivity index is 1.61. The molecule has 0 saturated carbocycles. The standard InChI is InChI=1S/C23H26ClN3O2S2/c1-2-30-19-9-4-3-7-17(19)22(28)27(12-6-11-26-13-15-29-16-14-26)23-25-21-18(24)8-5-10-20(21)31-23/h3-5,7-10H,2,6,11-16H2,1H3. The molecule has 1 amide bonds. The van der Waals surface area contributed by atoms with Gasteiger partial charge < -0.3 is 4.74 Å². The Morgan fingerprint density at radius 1 is 1.23 bits per heavy atom. The summed E-state index contributed by atoms with van der Waals surface area (Å²) >= 11 is 9.57. The van der Waals surface area contributed by atoms with Gasteiger partial charge in [-0.15, -0.1) is 11.8 Å². The summed E-state index contributed by atoms with van der Waals surface area (Å²) in [4.78, 5) is 23.7. The molecule has 31 heavy (non-hydrogen) atoms. The first-order valence-corrected chi connectivity index (χ1v) is 12.7. The molecular formula is C23H26ClN3O2S2. The maximum Gasteiger partial charge on any atom is 0.261 e. The number of nitrogens with zero attached hydrogens (tertiary/aromatic N) is 3. The molecule has 1 fully saturated rings. The van der Waals surface area contributed by atoms with E-state index in [4.69, 9.17) is 21.3 Å². The van der Waals surface area contributed by atoms with Crippen molar-refractivity contribution >= 4 is 56.0 Å². The summed E-state index contributed by atoms with van der Waals surface area (Å²) in [6.07, 6.45) is 0.873. The lowest BCUT2D eigenvalue weighted by Gasteiger charge is -2.28. The van der Waals surface area contributed by atoms with E-state index in [0.29, 0.717) is 16.7 Å². The lowest BCUT2D eigenvalue weighted by Crippen LogP contribution is -2.39. The second-order valence-corrected chi connectivity index (χ2v) is 10.00. The summed E-state index contributed by atoms with van der Waals surface area (Å²) < 4.78 is 6.43. The summed E-state index contributed by atoms with van der Waals surface area (Å²) in [7, 11) is 0. The molecule has 1 saturated heterocycles. The Morgan fingerprint density at radius 3 is 2.81 bits per heavy atom. The summed E-state index contributed by atoms with van der Waals surface area (Å²) in [6.45, 7) is 7.09. The van der Waals surface area contributed by atoms with Gasteiger partial charge in [-0.3, -0.25) is 14.6 Å². The van der Waals surface area contributed by atoms with E-state index in [-0.39, 0.29) is 5.91 Å². The number of fused-ring (bicyclic) bond motifs is 1. The fourth-order valence-electron chi connectivity index (χ4n) is 3.65. The van der Waals surface area contributed by atoms with Gasteiger partial charge in [-0.2, -0.15) is 0 Å². The Kier molecular flexibility index (Phi) is 7.85. The SMILES string of the molecule is CCSc1ccccc1C(=O)N(CCCN1CCOCC1)c1nc2c(Cl)cccc2s1. The fourth-order valence-corrected chi connectivity index (χ4v) is 5.74. The largest absolute Gasteiger partial charge is 0.379 e. The van der Waals surface area contributed by atoms with Crippen molar-refractivity contribution in [2.75, 3.05) is 50.0 Å². The highest BCUT2D eigenvalue weighted by Crippen LogP contribution is 2.34. The number of anilines is 1. The highest BCUT2D eigenvalue weighted by molar-refractivity contribution is 7.99. The van der Waals surface area contributed by atoms with Crippen LogP contribution in [-0.2, 0) is 4.74 Å². The molecule has 1 aliphatic heterocycles. The molecule has 164 valence electrons. The second-order valence-electron chi connectivity index (χ2n) is 7.28. The van der Waals surface area contributed by atoms with Crippen LogP contribution in [0.4, 0.5) is 5.13 Å². The van der Waals surface area contributed by atoms with E-state index in [1.807, 2.05) is 47.4 Å². The highest BCUT2D eigenvalue weighted by atomic mass is 35.5. The number of hydrogen-bond acceptors (Lipinski definition) is 6. The van der Waals surface area contributed by atoms with Crippen molar-refractivity contribution in [3.05, 3.63) is 53.1 Å². The van der Waals surface area contributed by atoms with Gasteiger partial charge in [0.15, 0.2) is 5.13 Å². The van der Waals surface area contributed by atoms with E-state index < -0.39 is 0 Å². The molecule has 2 heterocycles. The predicted molar refractivity (Wildman–Crippen MR) is 131 cm³/mol. The third kappa shape index (κ3) is 5.41. The lowest BCUT2D eigenvalue weighted by molar-refractivity contribution is 0.0376. The smallest absolute Gasteiger partial charge is 0.261 e. The monoisotopic (exact) mass is 475 g/mol. The van der Waals surface area contributed by atoms with Crippen molar-refractivity contribution in [2.24, 2.45) is 0 Å². The predicted octanol–water partition coefficient (Wildman–Crippen LogP) is 5.43. The molecule has 0 N–H and O–H groups in total. The van der Waals surface area contributed by atoms with E-state index in [2.05, 4.69) is 11.8 Å². The number of amides is 1. The van der Waals surface area contributed by atoms with E-state index >= 15 is 0 Å². The van der Waals surface area contributed by atoms with Crippen LogP contribution in [0.3, 0.4) is 0 Å². The molecule has 0 spiro atoms. The molecule has 1 aromatic heterocycles. The Bertz CT molecular complexity index is 1040. The minimum absolute atomic E-state index is 0.00583. The number of morpholine rings is 1. The molecule has 0 radical (unpaired) electrons. The molecule has 2 aromatic carbocycles. The van der Waals surface area contributed by atoms with Crippen LogP contribution >= 0.6 is 34.7 Å². The van der Waals surface area contributed by atoms with Crippen LogP contribution in [0.25, 0.3) is 10.2 Å². The maximum absolute atomic E-state index is 13.7. The topological polar surface area (TPSA) is 45.7 Å². The number of carbonyl (C=O) groups excluding carboxylic acids is 1. The first kappa shape index (κ1) is 22.6. The molecule has 0 bridgehead atoms. The Labute approximate surface area is 196 Å². The van der Waals surface area contributed by atoms with E-state index in [1.165, 1.54) is 11.3 Å². The molecule has 0 atom stereocenters. The molecule has 0 aliphatic carbocycles. The molecule has 3 aromatic rings. The van der Waals surface area contributed by atoms with Gasteiger partial charge in [0.05, 0.1) is 28.5 Å². The number of rotatable bonds is 8. The molecule has 8 heteroatoms. The van der Waals surface area contributed by atoms with Crippen molar-refractivity contribution < 1.29 is 9.53 Å². The highest BCUT2D eigenvalue weighted by Gasteiger charge is 2.24. The van der Waals surface area contributed by atoms with Crippen molar-refractivity contribution in [1.29, 1.82) is 0 Å². The second kappa shape index (κ2) is 10.8. The van der Waals surface area contributed by atoms with Crippen LogP contribution in [0.2, 0.25) is 5.02 Å². The zero-order valence-electron chi connectivity index (χ0n) is 17.6. The minimum Gasteiger partial charge on any atom is -0.379 e. The normalized spacial score (nSPS) is 14.8. The molecule has 5 nitrogen and oxygen atoms in total. The number of ether oxygens (including phenoxy) is 1. The summed E-state index contributed by atoms with van der Waals surface area (Å²) in [6, 6.07) is 13.6. The minimum atomic E-state index is -0.00583. The quantitative estimate of drug-likeness (QED) is 0.406. The van der Waals surface area contributed by atoms with Crippen molar-refractivity contribution in [3.8, 4) is 0 Å². The molecule has 4 rings (SSSR count). The Morgan fingerprint density at radius 2 is 2.03 bits per heavy atom. The van der Waals surface area contributed by atoms with Gasteiger partial charge in [-0.1, -0.05) is 48.1 Å². The first-order valence-electron chi connectivity index (χ1n) is 10.6. The van der Waals surface area contributed by atoms with Crippen molar-refractivity contribution in [3.63, 3.8) is 0 Å². The summed E-state index contributed by atoms with van der Waals surface area (Å²) in [5.41, 5.74) is 1.48. The van der Waals surface area contributed by atoms with Gasteiger partial charge in [0.1, 0.15) is 5.52 Å². The summed E-state index contributed by atoms with van der Waals surface area (Å²) in [5, 5.41) is 1.31. The van der Waals surface area contributed by atoms with Gasteiger partial charge in [0.2, 0.25) is 0 Å². The number of hydrogen-bond donors (Lipinski definition) is 0.